The second-order valence-electron chi connectivity index (χ2n) is 10.2. The first-order chi connectivity index (χ1) is 16.7. The maximum Gasteiger partial charge on any atom is 0.413 e. The van der Waals surface area contributed by atoms with E-state index in [0.29, 0.717) is 0 Å². The lowest BCUT2D eigenvalue weighted by Gasteiger charge is -2.34. The van der Waals surface area contributed by atoms with E-state index in [-0.39, 0.29) is 11.4 Å². The molecule has 1 aromatic rings. The van der Waals surface area contributed by atoms with Gasteiger partial charge in [0.15, 0.2) is 5.41 Å². The Morgan fingerprint density at radius 1 is 1.05 bits per heavy atom. The number of carbonyl (C=O) groups is 3. The van der Waals surface area contributed by atoms with Crippen LogP contribution in [0.1, 0.15) is 53.5 Å². The lowest BCUT2D eigenvalue weighted by atomic mass is 9.76. The standard InChI is InChI=1S/C23H34F3N3O7S/c1-20(2,3)36-19(32)28-16-11-14(9-10-27-16)12-22(17(30)34-7,18(31)35-8)13-15(23(24,25)26)29-37(33)21(4,5)6/h9-11,15,29H,12-13H2,1-8H3,(H,27,28,32)/t15-,37+/m0/s1. The fraction of sp³-hybridized carbons (Fsp3) is 0.652. The summed E-state index contributed by atoms with van der Waals surface area (Å²) < 4.78 is 70.2. The fourth-order valence-electron chi connectivity index (χ4n) is 3.15. The Morgan fingerprint density at radius 2 is 1.59 bits per heavy atom. The van der Waals surface area contributed by atoms with E-state index in [9.17, 15) is 32.1 Å². The van der Waals surface area contributed by atoms with E-state index in [1.807, 2.05) is 4.72 Å². The number of nitrogens with zero attached hydrogens (tertiary/aromatic N) is 1. The van der Waals surface area contributed by atoms with Gasteiger partial charge in [-0.3, -0.25) is 14.9 Å². The number of ether oxygens (including phenoxy) is 3. The first-order valence-electron chi connectivity index (χ1n) is 11.1. The average molecular weight is 554 g/mol. The van der Waals surface area contributed by atoms with Crippen molar-refractivity contribution in [3.8, 4) is 0 Å². The average Bonchev–Trinajstić information content (AvgIpc) is 2.74. The Bertz CT molecular complexity index is 946. The van der Waals surface area contributed by atoms with Gasteiger partial charge >= 0.3 is 24.2 Å². The number of hydrogen-bond donors (Lipinski definition) is 2. The highest BCUT2D eigenvalue weighted by atomic mass is 32.2. The lowest BCUT2D eigenvalue weighted by molar-refractivity contribution is -0.180. The summed E-state index contributed by atoms with van der Waals surface area (Å²) in [5, 5.41) is 2.38. The molecule has 0 unspecified atom stereocenters. The van der Waals surface area contributed by atoms with Gasteiger partial charge in [0.05, 0.1) is 14.2 Å². The van der Waals surface area contributed by atoms with Crippen molar-refractivity contribution in [3.05, 3.63) is 23.9 Å². The minimum absolute atomic E-state index is 0.0327. The van der Waals surface area contributed by atoms with Crippen LogP contribution in [-0.4, -0.2) is 64.4 Å². The molecule has 1 heterocycles. The van der Waals surface area contributed by atoms with Crippen molar-refractivity contribution in [1.29, 1.82) is 0 Å². The molecule has 0 aliphatic carbocycles. The number of esters is 2. The number of carbonyl (C=O) groups excluding carboxylic acids is 3. The van der Waals surface area contributed by atoms with Gasteiger partial charge < -0.3 is 18.8 Å². The summed E-state index contributed by atoms with van der Waals surface area (Å²) in [6.07, 6.45) is -6.37. The first-order valence-corrected chi connectivity index (χ1v) is 12.3. The summed E-state index contributed by atoms with van der Waals surface area (Å²) in [5.41, 5.74) is -3.13. The molecule has 0 fully saturated rings. The third kappa shape index (κ3) is 9.67. The number of pyridine rings is 1. The molecule has 0 spiro atoms. The number of nitrogens with one attached hydrogen (secondary N) is 2. The highest BCUT2D eigenvalue weighted by molar-refractivity contribution is 7.90. The van der Waals surface area contributed by atoms with Crippen molar-refractivity contribution in [2.75, 3.05) is 19.5 Å². The normalized spacial score (nSPS) is 14.4. The number of methoxy groups -OCH3 is 2. The highest BCUT2D eigenvalue weighted by Gasteiger charge is 2.56. The first kappa shape index (κ1) is 32.4. The van der Waals surface area contributed by atoms with E-state index in [0.717, 1.165) is 14.2 Å². The molecule has 0 bridgehead atoms. The van der Waals surface area contributed by atoms with Crippen molar-refractivity contribution in [2.24, 2.45) is 5.41 Å². The number of alkyl halides is 3. The summed E-state index contributed by atoms with van der Waals surface area (Å²) in [6.45, 7) is 9.34. The van der Waals surface area contributed by atoms with Crippen molar-refractivity contribution in [3.63, 3.8) is 0 Å². The second-order valence-corrected chi connectivity index (χ2v) is 12.2. The monoisotopic (exact) mass is 553 g/mol. The number of halogens is 3. The highest BCUT2D eigenvalue weighted by Crippen LogP contribution is 2.38. The molecule has 2 atom stereocenters. The number of amides is 1. The van der Waals surface area contributed by atoms with E-state index in [4.69, 9.17) is 14.2 Å². The largest absolute Gasteiger partial charge is 0.598 e. The minimum Gasteiger partial charge on any atom is -0.598 e. The van der Waals surface area contributed by atoms with Crippen molar-refractivity contribution >= 4 is 35.2 Å². The number of aromatic nitrogens is 1. The molecule has 210 valence electrons. The second kappa shape index (κ2) is 12.3. The quantitative estimate of drug-likeness (QED) is 0.203. The van der Waals surface area contributed by atoms with Gasteiger partial charge in [0.1, 0.15) is 22.2 Å². The summed E-state index contributed by atoms with van der Waals surface area (Å²) >= 11 is -2.19. The maximum absolute atomic E-state index is 14.0. The molecule has 0 saturated heterocycles. The summed E-state index contributed by atoms with van der Waals surface area (Å²) in [6, 6.07) is 0.0879. The molecule has 0 aliphatic heterocycles. The fourth-order valence-corrected chi connectivity index (χ4v) is 3.97. The molecule has 0 aromatic carbocycles. The minimum atomic E-state index is -4.99. The Kier molecular flexibility index (Phi) is 10.8. The molecular formula is C23H34F3N3O7S. The Hall–Kier alpha value is -2.58. The Labute approximate surface area is 217 Å². The van der Waals surface area contributed by atoms with Crippen LogP contribution in [0.15, 0.2) is 18.3 Å². The molecular weight excluding hydrogens is 519 g/mol. The molecule has 0 aliphatic rings. The summed E-state index contributed by atoms with van der Waals surface area (Å²) in [4.78, 5) is 41.9. The number of hydrogen-bond acceptors (Lipinski definition) is 9. The van der Waals surface area contributed by atoms with E-state index in [1.165, 1.54) is 39.1 Å². The Morgan fingerprint density at radius 3 is 2.03 bits per heavy atom. The molecule has 37 heavy (non-hydrogen) atoms. The third-order valence-electron chi connectivity index (χ3n) is 4.86. The van der Waals surface area contributed by atoms with Crippen LogP contribution in [0.25, 0.3) is 0 Å². The van der Waals surface area contributed by atoms with Crippen LogP contribution in [0, 0.1) is 5.41 Å². The van der Waals surface area contributed by atoms with E-state index >= 15 is 0 Å². The molecule has 1 rings (SSSR count). The van der Waals surface area contributed by atoms with Gasteiger partial charge in [-0.1, -0.05) is 0 Å². The third-order valence-corrected chi connectivity index (χ3v) is 6.48. The van der Waals surface area contributed by atoms with Gasteiger partial charge in [-0.25, -0.2) is 9.78 Å². The molecule has 0 radical (unpaired) electrons. The molecule has 0 saturated carbocycles. The summed E-state index contributed by atoms with van der Waals surface area (Å²) in [7, 11) is 1.84. The molecule has 10 nitrogen and oxygen atoms in total. The Balaban J connectivity index is 3.48. The zero-order valence-electron chi connectivity index (χ0n) is 22.1. The predicted octanol–water partition coefficient (Wildman–Crippen LogP) is 3.68. The van der Waals surface area contributed by atoms with E-state index < -0.39 is 70.2 Å². The zero-order chi connectivity index (χ0) is 28.8. The topological polar surface area (TPSA) is 139 Å². The number of rotatable bonds is 9. The maximum atomic E-state index is 14.0. The summed E-state index contributed by atoms with van der Waals surface area (Å²) in [5.74, 6) is -2.60. The lowest BCUT2D eigenvalue weighted by Crippen LogP contribution is -2.56. The van der Waals surface area contributed by atoms with Gasteiger partial charge in [0.25, 0.3) is 0 Å². The van der Waals surface area contributed by atoms with Crippen LogP contribution < -0.4 is 10.0 Å². The predicted molar refractivity (Wildman–Crippen MR) is 130 cm³/mol. The SMILES string of the molecule is COC(=O)C(Cc1ccnc(NC(=O)OC(C)(C)C)c1)(C[C@H](N[S@+]([O-])C(C)(C)C)C(F)(F)F)C(=O)OC. The van der Waals surface area contributed by atoms with Gasteiger partial charge in [-0.2, -0.15) is 13.2 Å². The van der Waals surface area contributed by atoms with Gasteiger partial charge in [-0.15, -0.1) is 4.72 Å². The number of anilines is 1. The van der Waals surface area contributed by atoms with Crippen molar-refractivity contribution in [2.45, 2.75) is 77.0 Å². The van der Waals surface area contributed by atoms with Gasteiger partial charge in [0.2, 0.25) is 0 Å². The van der Waals surface area contributed by atoms with Crippen LogP contribution in [0.3, 0.4) is 0 Å². The van der Waals surface area contributed by atoms with E-state index in [2.05, 4.69) is 10.3 Å². The van der Waals surface area contributed by atoms with Crippen LogP contribution in [0.2, 0.25) is 0 Å². The zero-order valence-corrected chi connectivity index (χ0v) is 22.9. The van der Waals surface area contributed by atoms with Crippen LogP contribution in [0.4, 0.5) is 23.8 Å². The van der Waals surface area contributed by atoms with Crippen molar-refractivity contribution in [1.82, 2.24) is 9.71 Å². The van der Waals surface area contributed by atoms with Crippen LogP contribution in [0.5, 0.6) is 0 Å². The van der Waals surface area contributed by atoms with E-state index in [1.54, 1.807) is 20.8 Å². The molecule has 1 amide bonds. The molecule has 14 heteroatoms. The molecule has 2 N–H and O–H groups in total. The smallest absolute Gasteiger partial charge is 0.413 e. The van der Waals surface area contributed by atoms with Crippen LogP contribution in [-0.2, 0) is 41.6 Å². The van der Waals surface area contributed by atoms with Crippen LogP contribution >= 0.6 is 0 Å². The van der Waals surface area contributed by atoms with Gasteiger partial charge in [0, 0.05) is 24.0 Å². The van der Waals surface area contributed by atoms with Gasteiger partial charge in [-0.05, 0) is 65.7 Å². The van der Waals surface area contributed by atoms with Crippen molar-refractivity contribution < 1.29 is 46.3 Å². The molecule has 1 aromatic heterocycles.